The molecule has 1 aromatic heterocycles. The third-order valence-electron chi connectivity index (χ3n) is 4.08. The molecule has 1 aromatic rings. The van der Waals surface area contributed by atoms with Gasteiger partial charge in [0.05, 0.1) is 5.75 Å². The van der Waals surface area contributed by atoms with Crippen molar-refractivity contribution in [3.8, 4) is 0 Å². The van der Waals surface area contributed by atoms with Crippen molar-refractivity contribution in [1.29, 1.82) is 0 Å². The van der Waals surface area contributed by atoms with Crippen molar-refractivity contribution in [2.45, 2.75) is 38.3 Å². The van der Waals surface area contributed by atoms with Crippen molar-refractivity contribution in [2.75, 3.05) is 18.8 Å². The van der Waals surface area contributed by atoms with Crippen LogP contribution in [0.5, 0.6) is 0 Å². The predicted molar refractivity (Wildman–Crippen MR) is 82.3 cm³/mol. The maximum atomic E-state index is 12.7. The fraction of sp³-hybridized carbons (Fsp3) is 0.714. The van der Waals surface area contributed by atoms with Crippen LogP contribution in [-0.4, -0.2) is 37.6 Å². The van der Waals surface area contributed by atoms with Crippen molar-refractivity contribution in [2.24, 2.45) is 5.92 Å². The van der Waals surface area contributed by atoms with Crippen LogP contribution in [0, 0.1) is 5.92 Å². The summed E-state index contributed by atoms with van der Waals surface area (Å²) in [7, 11) is -3.14. The molecular weight excluding hydrogens is 292 g/mol. The minimum Gasteiger partial charge on any atom is -0.316 e. The summed E-state index contributed by atoms with van der Waals surface area (Å²) in [6.07, 6.45) is 4.16. The van der Waals surface area contributed by atoms with Gasteiger partial charge >= 0.3 is 0 Å². The molecule has 2 heterocycles. The van der Waals surface area contributed by atoms with E-state index in [4.69, 9.17) is 0 Å². The second kappa shape index (κ2) is 6.13. The first-order valence-electron chi connectivity index (χ1n) is 7.36. The lowest BCUT2D eigenvalue weighted by Gasteiger charge is -2.27. The molecule has 4 nitrogen and oxygen atoms in total. The van der Waals surface area contributed by atoms with Gasteiger partial charge in [-0.15, -0.1) is 0 Å². The van der Waals surface area contributed by atoms with Crippen LogP contribution in [0.1, 0.15) is 31.2 Å². The Morgan fingerprint density at radius 1 is 1.35 bits per heavy atom. The van der Waals surface area contributed by atoms with Crippen molar-refractivity contribution in [3.05, 3.63) is 22.4 Å². The Kier molecular flexibility index (Phi) is 4.45. The SMILES string of the molecule is O=S(=O)(CC1CCCNC1)N(Cc1ccsc1)C1CC1. The maximum absolute atomic E-state index is 12.7. The Balaban J connectivity index is 1.68. The topological polar surface area (TPSA) is 49.4 Å². The van der Waals surface area contributed by atoms with Gasteiger partial charge in [-0.25, -0.2) is 8.42 Å². The molecular formula is C14H22N2O2S2. The summed E-state index contributed by atoms with van der Waals surface area (Å²) < 4.78 is 27.2. The standard InChI is InChI=1S/C14H22N2O2S2/c17-20(18,11-12-2-1-6-15-8-12)16(14-3-4-14)9-13-5-7-19-10-13/h5,7,10,12,14-15H,1-4,6,8-9,11H2. The molecule has 112 valence electrons. The van der Waals surface area contributed by atoms with E-state index < -0.39 is 10.0 Å². The van der Waals surface area contributed by atoms with Crippen molar-refractivity contribution in [3.63, 3.8) is 0 Å². The molecule has 1 aliphatic heterocycles. The highest BCUT2D eigenvalue weighted by molar-refractivity contribution is 7.89. The Morgan fingerprint density at radius 2 is 2.20 bits per heavy atom. The van der Waals surface area contributed by atoms with E-state index >= 15 is 0 Å². The van der Waals surface area contributed by atoms with Gasteiger partial charge in [0.15, 0.2) is 0 Å². The zero-order valence-corrected chi connectivity index (χ0v) is 13.3. The molecule has 2 fully saturated rings. The molecule has 0 aromatic carbocycles. The van der Waals surface area contributed by atoms with Crippen LogP contribution in [0.15, 0.2) is 16.8 Å². The van der Waals surface area contributed by atoms with Gasteiger partial charge in [0.2, 0.25) is 10.0 Å². The molecule has 1 atom stereocenters. The van der Waals surface area contributed by atoms with Gasteiger partial charge in [0.25, 0.3) is 0 Å². The molecule has 1 N–H and O–H groups in total. The van der Waals surface area contributed by atoms with Crippen LogP contribution in [-0.2, 0) is 16.6 Å². The summed E-state index contributed by atoms with van der Waals surface area (Å²) in [6.45, 7) is 2.42. The Bertz CT molecular complexity index is 517. The third kappa shape index (κ3) is 3.61. The number of hydrogen-bond donors (Lipinski definition) is 1. The van der Waals surface area contributed by atoms with Gasteiger partial charge in [-0.3, -0.25) is 0 Å². The average molecular weight is 314 g/mol. The average Bonchev–Trinajstić information content (AvgIpc) is 3.12. The largest absolute Gasteiger partial charge is 0.316 e. The molecule has 1 aliphatic carbocycles. The molecule has 1 unspecified atom stereocenters. The fourth-order valence-electron chi connectivity index (χ4n) is 2.84. The van der Waals surface area contributed by atoms with Crippen LogP contribution in [0.25, 0.3) is 0 Å². The number of piperidine rings is 1. The van der Waals surface area contributed by atoms with Gasteiger partial charge in [0, 0.05) is 12.6 Å². The molecule has 0 spiro atoms. The van der Waals surface area contributed by atoms with E-state index in [1.54, 1.807) is 15.6 Å². The summed E-state index contributed by atoms with van der Waals surface area (Å²) >= 11 is 1.63. The molecule has 0 amide bonds. The second-order valence-corrected chi connectivity index (χ2v) is 8.65. The molecule has 0 bridgehead atoms. The highest BCUT2D eigenvalue weighted by atomic mass is 32.2. The number of hydrogen-bond acceptors (Lipinski definition) is 4. The molecule has 0 radical (unpaired) electrons. The Labute approximate surface area is 125 Å². The van der Waals surface area contributed by atoms with E-state index in [1.807, 2.05) is 16.8 Å². The first-order chi connectivity index (χ1) is 9.65. The zero-order chi connectivity index (χ0) is 14.0. The van der Waals surface area contributed by atoms with Crippen LogP contribution in [0.2, 0.25) is 0 Å². The third-order valence-corrected chi connectivity index (χ3v) is 6.84. The minimum atomic E-state index is -3.14. The normalized spacial score (nSPS) is 24.1. The van der Waals surface area contributed by atoms with Gasteiger partial charge < -0.3 is 5.32 Å². The van der Waals surface area contributed by atoms with E-state index in [9.17, 15) is 8.42 Å². The zero-order valence-electron chi connectivity index (χ0n) is 11.6. The lowest BCUT2D eigenvalue weighted by atomic mass is 10.0. The van der Waals surface area contributed by atoms with Crippen LogP contribution >= 0.6 is 11.3 Å². The summed E-state index contributed by atoms with van der Waals surface area (Å²) in [5.41, 5.74) is 1.12. The number of nitrogens with zero attached hydrogens (tertiary/aromatic N) is 1. The summed E-state index contributed by atoms with van der Waals surface area (Å²) in [4.78, 5) is 0. The van der Waals surface area contributed by atoms with E-state index in [0.29, 0.717) is 12.3 Å². The van der Waals surface area contributed by atoms with Gasteiger partial charge in [0.1, 0.15) is 0 Å². The van der Waals surface area contributed by atoms with E-state index in [0.717, 1.165) is 44.3 Å². The molecule has 6 heteroatoms. The minimum absolute atomic E-state index is 0.247. The van der Waals surface area contributed by atoms with Gasteiger partial charge in [-0.05, 0) is 67.1 Å². The first-order valence-corrected chi connectivity index (χ1v) is 9.91. The number of rotatable bonds is 6. The van der Waals surface area contributed by atoms with E-state index in [2.05, 4.69) is 5.32 Å². The summed E-state index contributed by atoms with van der Waals surface area (Å²) in [5, 5.41) is 7.37. The molecule has 3 rings (SSSR count). The molecule has 20 heavy (non-hydrogen) atoms. The van der Waals surface area contributed by atoms with Crippen LogP contribution in [0.4, 0.5) is 0 Å². The van der Waals surface area contributed by atoms with E-state index in [-0.39, 0.29) is 12.0 Å². The van der Waals surface area contributed by atoms with Crippen molar-refractivity contribution >= 4 is 21.4 Å². The number of nitrogens with one attached hydrogen (secondary N) is 1. The summed E-state index contributed by atoms with van der Waals surface area (Å²) in [5.74, 6) is 0.582. The van der Waals surface area contributed by atoms with Crippen molar-refractivity contribution in [1.82, 2.24) is 9.62 Å². The summed E-state index contributed by atoms with van der Waals surface area (Å²) in [6, 6.07) is 2.27. The van der Waals surface area contributed by atoms with E-state index in [1.165, 1.54) is 0 Å². The smallest absolute Gasteiger partial charge is 0.214 e. The highest BCUT2D eigenvalue weighted by Gasteiger charge is 2.38. The second-order valence-electron chi connectivity index (χ2n) is 5.90. The highest BCUT2D eigenvalue weighted by Crippen LogP contribution is 2.32. The molecule has 1 saturated heterocycles. The quantitative estimate of drug-likeness (QED) is 0.874. The van der Waals surface area contributed by atoms with Gasteiger partial charge in [-0.2, -0.15) is 15.6 Å². The first kappa shape index (κ1) is 14.5. The number of sulfonamides is 1. The lowest BCUT2D eigenvalue weighted by Crippen LogP contribution is -2.40. The predicted octanol–water partition coefficient (Wildman–Crippen LogP) is 2.04. The molecule has 1 saturated carbocycles. The Morgan fingerprint density at radius 3 is 2.80 bits per heavy atom. The fourth-order valence-corrected chi connectivity index (χ4v) is 5.58. The number of thiophene rings is 1. The monoisotopic (exact) mass is 314 g/mol. The van der Waals surface area contributed by atoms with Crippen molar-refractivity contribution < 1.29 is 8.42 Å². The maximum Gasteiger partial charge on any atom is 0.214 e. The lowest BCUT2D eigenvalue weighted by molar-refractivity contribution is 0.370. The Hall–Kier alpha value is -0.430. The molecule has 2 aliphatic rings. The van der Waals surface area contributed by atoms with Gasteiger partial charge in [-0.1, -0.05) is 0 Å². The van der Waals surface area contributed by atoms with Crippen LogP contribution in [0.3, 0.4) is 0 Å². The van der Waals surface area contributed by atoms with Crippen LogP contribution < -0.4 is 5.32 Å².